The van der Waals surface area contributed by atoms with Gasteiger partial charge in [-0.05, 0) is 37.5 Å². The second-order valence-corrected chi connectivity index (χ2v) is 5.30. The molecule has 3 rings (SSSR count). The van der Waals surface area contributed by atoms with E-state index < -0.39 is 5.97 Å². The minimum absolute atomic E-state index is 0.0179. The van der Waals surface area contributed by atoms with Gasteiger partial charge < -0.3 is 10.1 Å². The van der Waals surface area contributed by atoms with E-state index in [0.717, 1.165) is 16.9 Å². The average molecular weight is 272 g/mol. The van der Waals surface area contributed by atoms with Crippen LogP contribution in [-0.4, -0.2) is 26.8 Å². The Labute approximate surface area is 116 Å². The number of carbonyl (C=O) groups is 2. The Hall–Kier alpha value is -2.17. The van der Waals surface area contributed by atoms with Gasteiger partial charge in [-0.1, -0.05) is 0 Å². The lowest BCUT2D eigenvalue weighted by molar-refractivity contribution is -0.137. The van der Waals surface area contributed by atoms with Gasteiger partial charge in [-0.25, -0.2) is 4.98 Å². The monoisotopic (exact) mass is 272 g/mol. The van der Waals surface area contributed by atoms with Crippen molar-refractivity contribution in [2.24, 2.45) is 0 Å². The van der Waals surface area contributed by atoms with Crippen LogP contribution in [0.15, 0.2) is 18.2 Å². The predicted octanol–water partition coefficient (Wildman–Crippen LogP) is 2.88. The molecule has 1 fully saturated rings. The maximum Gasteiger partial charge on any atom is 0.303 e. The Bertz CT molecular complexity index is 671. The normalized spacial score (nSPS) is 14.6. The van der Waals surface area contributed by atoms with E-state index in [2.05, 4.69) is 9.97 Å². The van der Waals surface area contributed by atoms with Crippen LogP contribution in [0.4, 0.5) is 0 Å². The molecule has 1 aliphatic rings. The molecule has 0 saturated heterocycles. The van der Waals surface area contributed by atoms with Gasteiger partial charge in [0, 0.05) is 24.3 Å². The van der Waals surface area contributed by atoms with Gasteiger partial charge in [0.05, 0.1) is 11.0 Å². The molecule has 5 nitrogen and oxygen atoms in total. The molecule has 0 aliphatic heterocycles. The Morgan fingerprint density at radius 2 is 2.10 bits per heavy atom. The van der Waals surface area contributed by atoms with Crippen molar-refractivity contribution in [3.05, 3.63) is 29.6 Å². The highest BCUT2D eigenvalue weighted by Gasteiger charge is 2.26. The zero-order chi connectivity index (χ0) is 14.1. The van der Waals surface area contributed by atoms with Crippen molar-refractivity contribution in [1.82, 2.24) is 9.97 Å². The predicted molar refractivity (Wildman–Crippen MR) is 73.9 cm³/mol. The number of carboxylic acids is 1. The van der Waals surface area contributed by atoms with Gasteiger partial charge in [0.25, 0.3) is 0 Å². The highest BCUT2D eigenvalue weighted by Crippen LogP contribution is 2.39. The summed E-state index contributed by atoms with van der Waals surface area (Å²) in [4.78, 5) is 30.2. The third-order valence-corrected chi connectivity index (χ3v) is 3.58. The molecule has 1 aromatic carbocycles. The first-order valence-electron chi connectivity index (χ1n) is 6.88. The van der Waals surface area contributed by atoms with Crippen LogP contribution in [0.25, 0.3) is 11.0 Å². The van der Waals surface area contributed by atoms with Crippen molar-refractivity contribution >= 4 is 22.8 Å². The number of fused-ring (bicyclic) bond motifs is 1. The molecule has 0 spiro atoms. The summed E-state index contributed by atoms with van der Waals surface area (Å²) in [6.45, 7) is 0. The molecular formula is C15H16N2O3. The summed E-state index contributed by atoms with van der Waals surface area (Å²) in [6, 6.07) is 5.43. The summed E-state index contributed by atoms with van der Waals surface area (Å²) in [6.07, 6.45) is 3.04. The van der Waals surface area contributed by atoms with Crippen LogP contribution in [0, 0.1) is 0 Å². The van der Waals surface area contributed by atoms with E-state index in [1.54, 1.807) is 6.07 Å². The second-order valence-electron chi connectivity index (χ2n) is 5.30. The van der Waals surface area contributed by atoms with Crippen LogP contribution in [-0.2, 0) is 4.79 Å². The Morgan fingerprint density at radius 1 is 1.30 bits per heavy atom. The summed E-state index contributed by atoms with van der Waals surface area (Å²) in [5.41, 5.74) is 2.39. The molecule has 2 N–H and O–H groups in total. The Balaban J connectivity index is 1.74. The van der Waals surface area contributed by atoms with Crippen molar-refractivity contribution in [1.29, 1.82) is 0 Å². The topological polar surface area (TPSA) is 83.0 Å². The SMILES string of the molecule is O=C(O)CCCC(=O)c1ccc2nc(C3CC3)[nH]c2c1. The van der Waals surface area contributed by atoms with Crippen LogP contribution in [0.1, 0.15) is 54.2 Å². The summed E-state index contributed by atoms with van der Waals surface area (Å²) in [7, 11) is 0. The minimum atomic E-state index is -0.865. The zero-order valence-electron chi connectivity index (χ0n) is 11.1. The van der Waals surface area contributed by atoms with E-state index in [0.29, 0.717) is 17.9 Å². The van der Waals surface area contributed by atoms with Gasteiger partial charge in [-0.3, -0.25) is 9.59 Å². The molecule has 5 heteroatoms. The smallest absolute Gasteiger partial charge is 0.303 e. The molecule has 0 unspecified atom stereocenters. The number of aromatic nitrogens is 2. The quantitative estimate of drug-likeness (QED) is 0.792. The molecule has 0 amide bonds. The molecular weight excluding hydrogens is 256 g/mol. The van der Waals surface area contributed by atoms with E-state index in [4.69, 9.17) is 5.11 Å². The third kappa shape index (κ3) is 2.71. The van der Waals surface area contributed by atoms with Crippen LogP contribution >= 0.6 is 0 Å². The molecule has 0 atom stereocenters. The lowest BCUT2D eigenvalue weighted by atomic mass is 10.1. The largest absolute Gasteiger partial charge is 0.481 e. The molecule has 0 radical (unpaired) electrons. The van der Waals surface area contributed by atoms with E-state index in [1.165, 1.54) is 12.8 Å². The molecule has 1 saturated carbocycles. The number of nitrogens with one attached hydrogen (secondary N) is 1. The lowest BCUT2D eigenvalue weighted by Gasteiger charge is -2.00. The number of aromatic amines is 1. The minimum Gasteiger partial charge on any atom is -0.481 e. The summed E-state index contributed by atoms with van der Waals surface area (Å²) in [5, 5.41) is 8.57. The molecule has 1 aliphatic carbocycles. The lowest BCUT2D eigenvalue weighted by Crippen LogP contribution is -2.01. The first kappa shape index (κ1) is 12.8. The molecule has 1 aromatic heterocycles. The van der Waals surface area contributed by atoms with Crippen LogP contribution < -0.4 is 0 Å². The fourth-order valence-corrected chi connectivity index (χ4v) is 2.30. The van der Waals surface area contributed by atoms with E-state index in [1.807, 2.05) is 12.1 Å². The number of Topliss-reactive ketones (excluding diaryl/α,β-unsaturated/α-hetero) is 1. The van der Waals surface area contributed by atoms with Crippen LogP contribution in [0.5, 0.6) is 0 Å². The Morgan fingerprint density at radius 3 is 2.80 bits per heavy atom. The maximum atomic E-state index is 12.0. The van der Waals surface area contributed by atoms with E-state index in [9.17, 15) is 9.59 Å². The van der Waals surface area contributed by atoms with Crippen molar-refractivity contribution < 1.29 is 14.7 Å². The zero-order valence-corrected chi connectivity index (χ0v) is 11.1. The van der Waals surface area contributed by atoms with Crippen molar-refractivity contribution in [2.75, 3.05) is 0 Å². The van der Waals surface area contributed by atoms with Gasteiger partial charge in [-0.15, -0.1) is 0 Å². The van der Waals surface area contributed by atoms with Gasteiger partial charge in [-0.2, -0.15) is 0 Å². The summed E-state index contributed by atoms with van der Waals surface area (Å²) in [5.74, 6) is 0.680. The van der Waals surface area contributed by atoms with Crippen LogP contribution in [0.3, 0.4) is 0 Å². The van der Waals surface area contributed by atoms with Gasteiger partial charge in [0.15, 0.2) is 5.78 Å². The first-order chi connectivity index (χ1) is 9.63. The van der Waals surface area contributed by atoms with Gasteiger partial charge >= 0.3 is 5.97 Å². The van der Waals surface area contributed by atoms with Gasteiger partial charge in [0.1, 0.15) is 5.82 Å². The third-order valence-electron chi connectivity index (χ3n) is 3.58. The average Bonchev–Trinajstić information content (AvgIpc) is 3.17. The number of H-pyrrole nitrogens is 1. The number of nitrogens with zero attached hydrogens (tertiary/aromatic N) is 1. The van der Waals surface area contributed by atoms with Gasteiger partial charge in [0.2, 0.25) is 0 Å². The number of hydrogen-bond donors (Lipinski definition) is 2. The van der Waals surface area contributed by atoms with E-state index >= 15 is 0 Å². The van der Waals surface area contributed by atoms with E-state index in [-0.39, 0.29) is 18.6 Å². The Kier molecular flexibility index (Phi) is 3.26. The number of benzene rings is 1. The molecule has 0 bridgehead atoms. The maximum absolute atomic E-state index is 12.0. The fourth-order valence-electron chi connectivity index (χ4n) is 2.30. The number of rotatable bonds is 6. The number of imidazole rings is 1. The highest BCUT2D eigenvalue weighted by molar-refractivity contribution is 5.99. The van der Waals surface area contributed by atoms with Crippen molar-refractivity contribution in [2.45, 2.75) is 38.0 Å². The number of aliphatic carboxylic acids is 1. The molecule has 2 aromatic rings. The molecule has 20 heavy (non-hydrogen) atoms. The number of carboxylic acid groups (broad SMARTS) is 1. The number of carbonyl (C=O) groups excluding carboxylic acids is 1. The highest BCUT2D eigenvalue weighted by atomic mass is 16.4. The number of ketones is 1. The molecule has 104 valence electrons. The summed E-state index contributed by atoms with van der Waals surface area (Å²) >= 11 is 0. The van der Waals surface area contributed by atoms with Crippen molar-refractivity contribution in [3.8, 4) is 0 Å². The first-order valence-corrected chi connectivity index (χ1v) is 6.88. The standard InChI is InChI=1S/C15H16N2O3/c18-13(2-1-3-14(19)20)10-6-7-11-12(8-10)17-15(16-11)9-4-5-9/h6-9H,1-5H2,(H,16,17)(H,19,20). The van der Waals surface area contributed by atoms with Crippen molar-refractivity contribution in [3.63, 3.8) is 0 Å². The second kappa shape index (κ2) is 5.07. The fraction of sp³-hybridized carbons (Fsp3) is 0.400. The molecule has 1 heterocycles. The number of hydrogen-bond acceptors (Lipinski definition) is 3. The van der Waals surface area contributed by atoms with Crippen LogP contribution in [0.2, 0.25) is 0 Å². The summed E-state index contributed by atoms with van der Waals surface area (Å²) < 4.78 is 0.